The highest BCUT2D eigenvalue weighted by Gasteiger charge is 2.21. The molecule has 7 heteroatoms. The van der Waals surface area contributed by atoms with E-state index in [-0.39, 0.29) is 11.9 Å². The van der Waals surface area contributed by atoms with E-state index in [0.717, 1.165) is 32.9 Å². The molecule has 152 valence electrons. The van der Waals surface area contributed by atoms with Gasteiger partial charge in [-0.3, -0.25) is 4.79 Å². The third kappa shape index (κ3) is 5.17. The molecule has 3 rings (SSSR count). The molecule has 0 bridgehead atoms. The van der Waals surface area contributed by atoms with Crippen LogP contribution in [-0.4, -0.2) is 29.7 Å². The van der Waals surface area contributed by atoms with E-state index >= 15 is 0 Å². The Labute approximate surface area is 179 Å². The van der Waals surface area contributed by atoms with Crippen LogP contribution >= 0.6 is 15.9 Å². The van der Waals surface area contributed by atoms with Crippen molar-refractivity contribution in [3.05, 3.63) is 76.3 Å². The summed E-state index contributed by atoms with van der Waals surface area (Å²) in [7, 11) is 5.17. The first kappa shape index (κ1) is 20.9. The molecule has 2 aromatic carbocycles. The predicted molar refractivity (Wildman–Crippen MR) is 115 cm³/mol. The van der Waals surface area contributed by atoms with Crippen LogP contribution in [0.15, 0.2) is 59.3 Å². The molecule has 1 aromatic heterocycles. The van der Waals surface area contributed by atoms with Crippen molar-refractivity contribution in [1.82, 2.24) is 14.9 Å². The first-order valence-electron chi connectivity index (χ1n) is 9.24. The number of rotatable bonds is 8. The monoisotopic (exact) mass is 457 g/mol. The molecule has 0 aliphatic heterocycles. The van der Waals surface area contributed by atoms with E-state index in [9.17, 15) is 4.79 Å². The van der Waals surface area contributed by atoms with E-state index in [0.29, 0.717) is 12.8 Å². The highest BCUT2D eigenvalue weighted by atomic mass is 79.9. The van der Waals surface area contributed by atoms with Gasteiger partial charge in [0, 0.05) is 25.9 Å². The number of carbonyl (C=O) groups excluding carboxylic acids is 1. The topological polar surface area (TPSA) is 65.4 Å². The van der Waals surface area contributed by atoms with E-state index in [4.69, 9.17) is 9.47 Å². The summed E-state index contributed by atoms with van der Waals surface area (Å²) < 4.78 is 13.4. The Bertz CT molecular complexity index is 987. The Hall–Kier alpha value is -2.80. The molecule has 0 aliphatic rings. The van der Waals surface area contributed by atoms with Crippen molar-refractivity contribution in [2.24, 2.45) is 7.05 Å². The summed E-state index contributed by atoms with van der Waals surface area (Å²) in [4.78, 5) is 17.2. The SMILES string of the molecule is COc1cccc(C(NC(=O)CCc2ccc(OC)c(Br)c2)c2nccn2C)c1. The zero-order valence-electron chi connectivity index (χ0n) is 16.7. The lowest BCUT2D eigenvalue weighted by Crippen LogP contribution is -2.31. The number of ether oxygens (including phenoxy) is 2. The van der Waals surface area contributed by atoms with E-state index in [1.54, 1.807) is 20.4 Å². The van der Waals surface area contributed by atoms with Gasteiger partial charge in [-0.1, -0.05) is 18.2 Å². The quantitative estimate of drug-likeness (QED) is 0.554. The smallest absolute Gasteiger partial charge is 0.221 e. The Balaban J connectivity index is 1.74. The van der Waals surface area contributed by atoms with E-state index in [2.05, 4.69) is 26.2 Å². The molecule has 0 saturated heterocycles. The maximum Gasteiger partial charge on any atom is 0.221 e. The molecule has 1 atom stereocenters. The molecule has 1 unspecified atom stereocenters. The Morgan fingerprint density at radius 1 is 1.21 bits per heavy atom. The van der Waals surface area contributed by atoms with Gasteiger partial charge in [0.25, 0.3) is 0 Å². The van der Waals surface area contributed by atoms with Crippen molar-refractivity contribution in [3.8, 4) is 11.5 Å². The molecule has 3 aromatic rings. The highest BCUT2D eigenvalue weighted by molar-refractivity contribution is 9.10. The van der Waals surface area contributed by atoms with Gasteiger partial charge in [-0.15, -0.1) is 0 Å². The number of benzene rings is 2. The number of nitrogens with zero attached hydrogens (tertiary/aromatic N) is 2. The maximum absolute atomic E-state index is 12.8. The van der Waals surface area contributed by atoms with Crippen molar-refractivity contribution in [1.29, 1.82) is 0 Å². The standard InChI is InChI=1S/C22H24BrN3O3/c1-26-12-11-24-22(26)21(16-5-4-6-17(14-16)28-2)25-20(27)10-8-15-7-9-19(29-3)18(23)13-15/h4-7,9,11-14,21H,8,10H2,1-3H3,(H,25,27). The minimum atomic E-state index is -0.361. The minimum absolute atomic E-state index is 0.0484. The molecule has 0 spiro atoms. The second-order valence-electron chi connectivity index (χ2n) is 6.64. The van der Waals surface area contributed by atoms with Gasteiger partial charge < -0.3 is 19.4 Å². The number of aromatic nitrogens is 2. The number of halogens is 1. The fraction of sp³-hybridized carbons (Fsp3) is 0.273. The summed E-state index contributed by atoms with van der Waals surface area (Å²) >= 11 is 3.48. The molecular formula is C22H24BrN3O3. The minimum Gasteiger partial charge on any atom is -0.497 e. The predicted octanol–water partition coefficient (Wildman–Crippen LogP) is 4.04. The van der Waals surface area contributed by atoms with E-state index in [1.807, 2.05) is 60.3 Å². The van der Waals surface area contributed by atoms with Gasteiger partial charge in [0.2, 0.25) is 5.91 Å². The number of carbonyl (C=O) groups is 1. The average Bonchev–Trinajstić information content (AvgIpc) is 3.16. The Kier molecular flexibility index (Phi) is 6.93. The average molecular weight is 458 g/mol. The maximum atomic E-state index is 12.8. The molecule has 0 fully saturated rings. The summed E-state index contributed by atoms with van der Waals surface area (Å²) in [6.07, 6.45) is 4.58. The van der Waals surface area contributed by atoms with E-state index < -0.39 is 0 Å². The third-order valence-corrected chi connectivity index (χ3v) is 5.33. The molecule has 0 radical (unpaired) electrons. The summed E-state index contributed by atoms with van der Waals surface area (Å²) in [5.74, 6) is 2.22. The second kappa shape index (κ2) is 9.60. The molecular weight excluding hydrogens is 434 g/mol. The molecule has 0 aliphatic carbocycles. The summed E-state index contributed by atoms with van der Waals surface area (Å²) in [5.41, 5.74) is 1.97. The largest absolute Gasteiger partial charge is 0.497 e. The second-order valence-corrected chi connectivity index (χ2v) is 7.50. The number of amides is 1. The number of hydrogen-bond acceptors (Lipinski definition) is 4. The van der Waals surface area contributed by atoms with Crippen molar-refractivity contribution in [3.63, 3.8) is 0 Å². The van der Waals surface area contributed by atoms with Gasteiger partial charge in [0.15, 0.2) is 0 Å². The first-order chi connectivity index (χ1) is 14.0. The third-order valence-electron chi connectivity index (χ3n) is 4.71. The number of methoxy groups -OCH3 is 2. The number of hydrogen-bond donors (Lipinski definition) is 1. The van der Waals surface area contributed by atoms with Crippen LogP contribution in [0.4, 0.5) is 0 Å². The zero-order chi connectivity index (χ0) is 20.8. The van der Waals surface area contributed by atoms with Crippen molar-refractivity contribution in [2.75, 3.05) is 14.2 Å². The van der Waals surface area contributed by atoms with Crippen LogP contribution in [0.2, 0.25) is 0 Å². The van der Waals surface area contributed by atoms with Crippen LogP contribution in [0.5, 0.6) is 11.5 Å². The van der Waals surface area contributed by atoms with Crippen LogP contribution in [0.3, 0.4) is 0 Å². The normalized spacial score (nSPS) is 11.7. The van der Waals surface area contributed by atoms with Gasteiger partial charge in [-0.25, -0.2) is 4.98 Å². The van der Waals surface area contributed by atoms with Crippen molar-refractivity contribution >= 4 is 21.8 Å². The van der Waals surface area contributed by atoms with Gasteiger partial charge >= 0.3 is 0 Å². The molecule has 1 amide bonds. The lowest BCUT2D eigenvalue weighted by molar-refractivity contribution is -0.121. The molecule has 1 N–H and O–H groups in total. The lowest BCUT2D eigenvalue weighted by atomic mass is 10.0. The van der Waals surface area contributed by atoms with Crippen LogP contribution in [0.25, 0.3) is 0 Å². The highest BCUT2D eigenvalue weighted by Crippen LogP contribution is 2.27. The molecule has 29 heavy (non-hydrogen) atoms. The number of nitrogens with one attached hydrogen (secondary N) is 1. The number of imidazole rings is 1. The van der Waals surface area contributed by atoms with Crippen molar-refractivity contribution in [2.45, 2.75) is 18.9 Å². The Morgan fingerprint density at radius 3 is 2.69 bits per heavy atom. The van der Waals surface area contributed by atoms with Crippen LogP contribution in [-0.2, 0) is 18.3 Å². The fourth-order valence-electron chi connectivity index (χ4n) is 3.13. The first-order valence-corrected chi connectivity index (χ1v) is 10.0. The fourth-order valence-corrected chi connectivity index (χ4v) is 3.72. The zero-order valence-corrected chi connectivity index (χ0v) is 18.3. The van der Waals surface area contributed by atoms with Gasteiger partial charge in [0.05, 0.1) is 18.7 Å². The van der Waals surface area contributed by atoms with Crippen molar-refractivity contribution < 1.29 is 14.3 Å². The Morgan fingerprint density at radius 2 is 2.03 bits per heavy atom. The van der Waals surface area contributed by atoms with Gasteiger partial charge in [-0.05, 0) is 57.7 Å². The van der Waals surface area contributed by atoms with Crippen LogP contribution in [0.1, 0.15) is 29.4 Å². The van der Waals surface area contributed by atoms with Crippen LogP contribution in [0, 0.1) is 0 Å². The number of aryl methyl sites for hydroxylation is 2. The van der Waals surface area contributed by atoms with Gasteiger partial charge in [-0.2, -0.15) is 0 Å². The van der Waals surface area contributed by atoms with E-state index in [1.165, 1.54) is 0 Å². The summed E-state index contributed by atoms with van der Waals surface area (Å²) in [5, 5.41) is 3.12. The summed E-state index contributed by atoms with van der Waals surface area (Å²) in [6.45, 7) is 0. The van der Waals surface area contributed by atoms with Crippen LogP contribution < -0.4 is 14.8 Å². The molecule has 1 heterocycles. The lowest BCUT2D eigenvalue weighted by Gasteiger charge is -2.20. The summed E-state index contributed by atoms with van der Waals surface area (Å²) in [6, 6.07) is 13.1. The van der Waals surface area contributed by atoms with Gasteiger partial charge in [0.1, 0.15) is 23.4 Å². The molecule has 6 nitrogen and oxygen atoms in total. The molecule has 0 saturated carbocycles.